The molecule has 156 valence electrons. The van der Waals surface area contributed by atoms with Gasteiger partial charge < -0.3 is 10.1 Å². The summed E-state index contributed by atoms with van der Waals surface area (Å²) in [5.41, 5.74) is 2.12. The average Bonchev–Trinajstić information content (AvgIpc) is 2.96. The molecule has 0 aromatic heterocycles. The van der Waals surface area contributed by atoms with Crippen LogP contribution < -0.4 is 5.32 Å². The van der Waals surface area contributed by atoms with E-state index in [1.807, 2.05) is 6.92 Å². The highest BCUT2D eigenvalue weighted by molar-refractivity contribution is 6.31. The summed E-state index contributed by atoms with van der Waals surface area (Å²) in [7, 11) is 0. The first-order chi connectivity index (χ1) is 14.3. The van der Waals surface area contributed by atoms with Gasteiger partial charge in [-0.1, -0.05) is 29.8 Å². The van der Waals surface area contributed by atoms with E-state index < -0.39 is 18.0 Å². The van der Waals surface area contributed by atoms with E-state index in [2.05, 4.69) is 5.32 Å². The Morgan fingerprint density at radius 3 is 2.33 bits per heavy atom. The summed E-state index contributed by atoms with van der Waals surface area (Å²) in [6.45, 7) is 3.41. The van der Waals surface area contributed by atoms with Gasteiger partial charge in [0, 0.05) is 23.7 Å². The molecule has 0 unspecified atom stereocenters. The highest BCUT2D eigenvalue weighted by atomic mass is 35.5. The van der Waals surface area contributed by atoms with Crippen LogP contribution in [0.3, 0.4) is 0 Å². The zero-order chi connectivity index (χ0) is 21.8. The summed E-state index contributed by atoms with van der Waals surface area (Å²) in [6, 6.07) is 11.7. The van der Waals surface area contributed by atoms with E-state index in [1.54, 1.807) is 42.5 Å². The van der Waals surface area contributed by atoms with E-state index in [1.165, 1.54) is 6.92 Å². The largest absolute Gasteiger partial charge is 0.453 e. The molecule has 0 fully saturated rings. The number of nitrogens with zero attached hydrogens (tertiary/aromatic N) is 1. The van der Waals surface area contributed by atoms with Crippen LogP contribution in [0.4, 0.5) is 5.69 Å². The molecular formula is C22H21ClN2O5. The molecule has 1 N–H and O–H groups in total. The standard InChI is InChI=1S/C22H21ClN2O5/c1-13-9-10-15(12-18(13)23)24-20(27)14(2)30-19(26)8-5-11-25-21(28)16-6-3-4-7-17(16)22(25)29/h3-4,6-7,9-10,12,14H,5,8,11H2,1-2H3,(H,24,27)/t14-/m1/s1. The Labute approximate surface area is 179 Å². The first-order valence-corrected chi connectivity index (χ1v) is 9.87. The topological polar surface area (TPSA) is 92.8 Å². The number of rotatable bonds is 7. The molecule has 1 aliphatic rings. The smallest absolute Gasteiger partial charge is 0.306 e. The Kier molecular flexibility index (Phi) is 6.52. The molecule has 0 saturated carbocycles. The Hall–Kier alpha value is -3.19. The fourth-order valence-electron chi connectivity index (χ4n) is 3.05. The third-order valence-electron chi connectivity index (χ3n) is 4.76. The van der Waals surface area contributed by atoms with E-state index in [0.29, 0.717) is 21.8 Å². The lowest BCUT2D eigenvalue weighted by atomic mass is 10.1. The first kappa shape index (κ1) is 21.5. The van der Waals surface area contributed by atoms with Gasteiger partial charge in [0.15, 0.2) is 6.10 Å². The van der Waals surface area contributed by atoms with Crippen molar-refractivity contribution in [2.75, 3.05) is 11.9 Å². The monoisotopic (exact) mass is 428 g/mol. The Bertz CT molecular complexity index is 985. The van der Waals surface area contributed by atoms with E-state index in [0.717, 1.165) is 10.5 Å². The number of carbonyl (C=O) groups is 4. The molecule has 0 aliphatic carbocycles. The number of fused-ring (bicyclic) bond motifs is 1. The van der Waals surface area contributed by atoms with Crippen LogP contribution in [0.5, 0.6) is 0 Å². The average molecular weight is 429 g/mol. The van der Waals surface area contributed by atoms with Crippen LogP contribution in [0.2, 0.25) is 5.02 Å². The van der Waals surface area contributed by atoms with Gasteiger partial charge in [-0.05, 0) is 50.1 Å². The molecule has 0 spiro atoms. The molecule has 1 aliphatic heterocycles. The molecule has 1 atom stereocenters. The molecule has 0 bridgehead atoms. The number of halogens is 1. The molecule has 3 rings (SSSR count). The lowest BCUT2D eigenvalue weighted by Gasteiger charge is -2.15. The minimum absolute atomic E-state index is 0.0264. The molecule has 3 amide bonds. The number of nitrogens with one attached hydrogen (secondary N) is 1. The molecular weight excluding hydrogens is 408 g/mol. The predicted octanol–water partition coefficient (Wildman–Crippen LogP) is 3.60. The van der Waals surface area contributed by atoms with E-state index in [4.69, 9.17) is 16.3 Å². The van der Waals surface area contributed by atoms with Crippen molar-refractivity contribution in [3.63, 3.8) is 0 Å². The highest BCUT2D eigenvalue weighted by Gasteiger charge is 2.34. The first-order valence-electron chi connectivity index (χ1n) is 9.49. The molecule has 2 aromatic carbocycles. The summed E-state index contributed by atoms with van der Waals surface area (Å²) in [6.07, 6.45) is -0.787. The maximum Gasteiger partial charge on any atom is 0.306 e. The fraction of sp³-hybridized carbons (Fsp3) is 0.273. The van der Waals surface area contributed by atoms with Crippen LogP contribution in [0.15, 0.2) is 42.5 Å². The van der Waals surface area contributed by atoms with Crippen LogP contribution >= 0.6 is 11.6 Å². The van der Waals surface area contributed by atoms with Crippen molar-refractivity contribution in [3.05, 3.63) is 64.2 Å². The van der Waals surface area contributed by atoms with Gasteiger partial charge in [-0.15, -0.1) is 0 Å². The molecule has 1 heterocycles. The van der Waals surface area contributed by atoms with Crippen molar-refractivity contribution >= 4 is 41.0 Å². The fourth-order valence-corrected chi connectivity index (χ4v) is 3.23. The molecule has 0 saturated heterocycles. The van der Waals surface area contributed by atoms with Crippen molar-refractivity contribution in [2.45, 2.75) is 32.8 Å². The summed E-state index contributed by atoms with van der Waals surface area (Å²) >= 11 is 6.03. The molecule has 8 heteroatoms. The molecule has 30 heavy (non-hydrogen) atoms. The quantitative estimate of drug-likeness (QED) is 0.537. The second-order valence-corrected chi connectivity index (χ2v) is 7.40. The van der Waals surface area contributed by atoms with E-state index >= 15 is 0 Å². The summed E-state index contributed by atoms with van der Waals surface area (Å²) in [5.74, 6) is -1.80. The third-order valence-corrected chi connectivity index (χ3v) is 5.16. The van der Waals surface area contributed by atoms with E-state index in [9.17, 15) is 19.2 Å². The minimum Gasteiger partial charge on any atom is -0.453 e. The highest BCUT2D eigenvalue weighted by Crippen LogP contribution is 2.23. The SMILES string of the molecule is Cc1ccc(NC(=O)[C@@H](C)OC(=O)CCCN2C(=O)c3ccccc3C2=O)cc1Cl. The van der Waals surface area contributed by atoms with Gasteiger partial charge in [-0.3, -0.25) is 24.1 Å². The van der Waals surface area contributed by atoms with Crippen LogP contribution in [0.25, 0.3) is 0 Å². The third kappa shape index (κ3) is 4.68. The summed E-state index contributed by atoms with van der Waals surface area (Å²) < 4.78 is 5.15. The van der Waals surface area contributed by atoms with Crippen molar-refractivity contribution in [1.29, 1.82) is 0 Å². The molecule has 7 nitrogen and oxygen atoms in total. The van der Waals surface area contributed by atoms with Crippen molar-refractivity contribution in [1.82, 2.24) is 4.90 Å². The number of esters is 1. The second kappa shape index (κ2) is 9.09. The zero-order valence-corrected chi connectivity index (χ0v) is 17.4. The minimum atomic E-state index is -1.00. The van der Waals surface area contributed by atoms with Crippen molar-refractivity contribution < 1.29 is 23.9 Å². The number of hydrogen-bond donors (Lipinski definition) is 1. The van der Waals surface area contributed by atoms with Crippen molar-refractivity contribution in [2.24, 2.45) is 0 Å². The number of carbonyl (C=O) groups excluding carboxylic acids is 4. The predicted molar refractivity (Wildman–Crippen MR) is 111 cm³/mol. The lowest BCUT2D eigenvalue weighted by molar-refractivity contribution is -0.153. The molecule has 0 radical (unpaired) electrons. The van der Waals surface area contributed by atoms with Gasteiger partial charge in [0.05, 0.1) is 11.1 Å². The van der Waals surface area contributed by atoms with Crippen LogP contribution in [0.1, 0.15) is 46.0 Å². The Balaban J connectivity index is 1.45. The lowest BCUT2D eigenvalue weighted by Crippen LogP contribution is -2.32. The number of hydrogen-bond acceptors (Lipinski definition) is 5. The van der Waals surface area contributed by atoms with Crippen molar-refractivity contribution in [3.8, 4) is 0 Å². The Morgan fingerprint density at radius 1 is 1.10 bits per heavy atom. The summed E-state index contributed by atoms with van der Waals surface area (Å²) in [5, 5.41) is 3.16. The molecule has 2 aromatic rings. The second-order valence-electron chi connectivity index (χ2n) is 7.00. The number of benzene rings is 2. The maximum absolute atomic E-state index is 12.3. The van der Waals surface area contributed by atoms with Gasteiger partial charge in [-0.2, -0.15) is 0 Å². The van der Waals surface area contributed by atoms with Gasteiger partial charge in [-0.25, -0.2) is 0 Å². The number of aryl methyl sites for hydroxylation is 1. The van der Waals surface area contributed by atoms with Gasteiger partial charge in [0.25, 0.3) is 17.7 Å². The number of amides is 3. The van der Waals surface area contributed by atoms with E-state index in [-0.39, 0.29) is 31.2 Å². The van der Waals surface area contributed by atoms with Crippen LogP contribution in [-0.2, 0) is 14.3 Å². The maximum atomic E-state index is 12.3. The van der Waals surface area contributed by atoms with Crippen LogP contribution in [0, 0.1) is 6.92 Å². The number of anilines is 1. The van der Waals surface area contributed by atoms with Gasteiger partial charge in [0.1, 0.15) is 0 Å². The normalized spacial score (nSPS) is 13.8. The van der Waals surface area contributed by atoms with Gasteiger partial charge >= 0.3 is 5.97 Å². The number of imide groups is 1. The van der Waals surface area contributed by atoms with Crippen LogP contribution in [-0.4, -0.2) is 41.2 Å². The van der Waals surface area contributed by atoms with Gasteiger partial charge in [0.2, 0.25) is 0 Å². The Morgan fingerprint density at radius 2 is 1.73 bits per heavy atom. The zero-order valence-electron chi connectivity index (χ0n) is 16.6. The number of ether oxygens (including phenoxy) is 1. The summed E-state index contributed by atoms with van der Waals surface area (Å²) in [4.78, 5) is 50.0.